The molecule has 0 atom stereocenters. The summed E-state index contributed by atoms with van der Waals surface area (Å²) in [4.78, 5) is 12.1. The Hall–Kier alpha value is -2.64. The van der Waals surface area contributed by atoms with E-state index in [-0.39, 0.29) is 22.5 Å². The molecule has 0 fully saturated rings. The number of carbonyl (C=O) groups excluding carboxylic acids is 1. The number of phenols is 2. The highest BCUT2D eigenvalue weighted by atomic mass is 35.5. The molecule has 0 radical (unpaired) electrons. The summed E-state index contributed by atoms with van der Waals surface area (Å²) in [6.07, 6.45) is 0. The number of para-hydroxylation sites is 1. The number of amides is 1. The van der Waals surface area contributed by atoms with Gasteiger partial charge < -0.3 is 10.2 Å². The lowest BCUT2D eigenvalue weighted by Crippen LogP contribution is -2.11. The predicted molar refractivity (Wildman–Crippen MR) is 88.1 cm³/mol. The Morgan fingerprint density at radius 2 is 1.83 bits per heavy atom. The van der Waals surface area contributed by atoms with Gasteiger partial charge in [0.15, 0.2) is 16.5 Å². The third-order valence-electron chi connectivity index (χ3n) is 3.00. The van der Waals surface area contributed by atoms with E-state index >= 15 is 0 Å². The number of hydrogen-bond acceptors (Lipinski definition) is 6. The number of benzene rings is 2. The Labute approximate surface area is 140 Å². The second-order valence-corrected chi connectivity index (χ2v) is 5.96. The van der Waals surface area contributed by atoms with Crippen molar-refractivity contribution in [1.29, 1.82) is 0 Å². The van der Waals surface area contributed by atoms with Crippen LogP contribution in [0.15, 0.2) is 42.5 Å². The summed E-state index contributed by atoms with van der Waals surface area (Å²) >= 11 is 6.86. The third-order valence-corrected chi connectivity index (χ3v) is 4.12. The lowest BCUT2D eigenvalue weighted by Gasteiger charge is -2.02. The minimum absolute atomic E-state index is 0.246. The quantitative estimate of drug-likeness (QED) is 0.630. The molecule has 0 saturated carbocycles. The van der Waals surface area contributed by atoms with Gasteiger partial charge in [-0.15, -0.1) is 10.2 Å². The Morgan fingerprint density at radius 1 is 1.09 bits per heavy atom. The molecule has 3 rings (SSSR count). The van der Waals surface area contributed by atoms with Crippen LogP contribution in [0.2, 0.25) is 5.02 Å². The van der Waals surface area contributed by atoms with Crippen molar-refractivity contribution in [2.24, 2.45) is 0 Å². The fraction of sp³-hybridized carbons (Fsp3) is 0. The van der Waals surface area contributed by atoms with E-state index in [1.165, 1.54) is 6.07 Å². The van der Waals surface area contributed by atoms with Gasteiger partial charge in [0.25, 0.3) is 5.91 Å². The Bertz CT molecular complexity index is 865. The van der Waals surface area contributed by atoms with Crippen LogP contribution in [0.5, 0.6) is 11.5 Å². The van der Waals surface area contributed by atoms with Gasteiger partial charge in [-0.25, -0.2) is 0 Å². The maximum absolute atomic E-state index is 12.1. The molecule has 0 aliphatic carbocycles. The first kappa shape index (κ1) is 15.3. The van der Waals surface area contributed by atoms with E-state index in [2.05, 4.69) is 15.5 Å². The van der Waals surface area contributed by atoms with Crippen LogP contribution in [-0.4, -0.2) is 26.3 Å². The number of carbonyl (C=O) groups is 1. The van der Waals surface area contributed by atoms with Crippen LogP contribution in [0, 0.1) is 0 Å². The second kappa shape index (κ2) is 6.23. The molecular weight excluding hydrogens is 338 g/mol. The minimum Gasteiger partial charge on any atom is -0.504 e. The third kappa shape index (κ3) is 3.25. The molecule has 1 heterocycles. The summed E-state index contributed by atoms with van der Waals surface area (Å²) in [6.45, 7) is 0. The average Bonchev–Trinajstić information content (AvgIpc) is 2.99. The zero-order valence-corrected chi connectivity index (χ0v) is 13.1. The Morgan fingerprint density at radius 3 is 2.57 bits per heavy atom. The molecule has 6 nitrogen and oxygen atoms in total. The summed E-state index contributed by atoms with van der Waals surface area (Å²) in [5.41, 5.74) is 0.779. The first-order chi connectivity index (χ1) is 11.0. The van der Waals surface area contributed by atoms with Crippen molar-refractivity contribution in [3.8, 4) is 22.1 Å². The lowest BCUT2D eigenvalue weighted by atomic mass is 10.2. The van der Waals surface area contributed by atoms with Crippen LogP contribution in [-0.2, 0) is 0 Å². The predicted octanol–water partition coefficient (Wildman–Crippen LogP) is 3.52. The second-order valence-electron chi connectivity index (χ2n) is 4.55. The number of aromatic hydroxyl groups is 2. The van der Waals surface area contributed by atoms with Crippen LogP contribution in [0.25, 0.3) is 10.6 Å². The molecule has 116 valence electrons. The highest BCUT2D eigenvalue weighted by molar-refractivity contribution is 7.18. The van der Waals surface area contributed by atoms with Gasteiger partial charge >= 0.3 is 0 Å². The molecule has 0 aliphatic rings. The number of halogens is 1. The smallest absolute Gasteiger partial charge is 0.257 e. The SMILES string of the molecule is O=C(Nc1nnc(-c2cccc(O)c2O)s1)c1ccc(Cl)cc1. The van der Waals surface area contributed by atoms with E-state index in [4.69, 9.17) is 11.6 Å². The fourth-order valence-electron chi connectivity index (χ4n) is 1.86. The molecule has 3 N–H and O–H groups in total. The molecule has 0 spiro atoms. The topological polar surface area (TPSA) is 95.3 Å². The summed E-state index contributed by atoms with van der Waals surface area (Å²) < 4.78 is 0. The van der Waals surface area contributed by atoms with Gasteiger partial charge in [-0.2, -0.15) is 0 Å². The number of anilines is 1. The van der Waals surface area contributed by atoms with Crippen molar-refractivity contribution in [3.63, 3.8) is 0 Å². The maximum Gasteiger partial charge on any atom is 0.257 e. The van der Waals surface area contributed by atoms with Crippen LogP contribution < -0.4 is 5.32 Å². The van der Waals surface area contributed by atoms with Gasteiger partial charge in [-0.3, -0.25) is 10.1 Å². The molecule has 0 aliphatic heterocycles. The Kier molecular flexibility index (Phi) is 4.14. The van der Waals surface area contributed by atoms with Gasteiger partial charge in [0.1, 0.15) is 0 Å². The van der Waals surface area contributed by atoms with Crippen LogP contribution in [0.4, 0.5) is 5.13 Å². The number of rotatable bonds is 3. The molecule has 0 unspecified atom stereocenters. The molecule has 0 bridgehead atoms. The zero-order chi connectivity index (χ0) is 16.4. The van der Waals surface area contributed by atoms with E-state index in [1.807, 2.05) is 0 Å². The van der Waals surface area contributed by atoms with Gasteiger partial charge in [0, 0.05) is 10.6 Å². The van der Waals surface area contributed by atoms with E-state index in [1.54, 1.807) is 36.4 Å². The maximum atomic E-state index is 12.1. The molecule has 1 amide bonds. The number of nitrogens with one attached hydrogen (secondary N) is 1. The van der Waals surface area contributed by atoms with E-state index in [9.17, 15) is 15.0 Å². The number of aromatic nitrogens is 2. The van der Waals surface area contributed by atoms with Crippen molar-refractivity contribution in [3.05, 3.63) is 53.1 Å². The van der Waals surface area contributed by atoms with Crippen molar-refractivity contribution in [1.82, 2.24) is 10.2 Å². The first-order valence-electron chi connectivity index (χ1n) is 6.46. The highest BCUT2D eigenvalue weighted by Crippen LogP contribution is 2.38. The molecule has 2 aromatic carbocycles. The fourth-order valence-corrected chi connectivity index (χ4v) is 2.75. The van der Waals surface area contributed by atoms with E-state index < -0.39 is 0 Å². The minimum atomic E-state index is -0.343. The van der Waals surface area contributed by atoms with E-state index in [0.717, 1.165) is 11.3 Å². The lowest BCUT2D eigenvalue weighted by molar-refractivity contribution is 0.102. The van der Waals surface area contributed by atoms with Gasteiger partial charge in [-0.1, -0.05) is 29.0 Å². The molecular formula is C15H10ClN3O3S. The van der Waals surface area contributed by atoms with Gasteiger partial charge in [0.2, 0.25) is 5.13 Å². The van der Waals surface area contributed by atoms with Crippen molar-refractivity contribution in [2.75, 3.05) is 5.32 Å². The summed E-state index contributed by atoms with van der Waals surface area (Å²) in [5, 5.41) is 30.9. The first-order valence-corrected chi connectivity index (χ1v) is 7.66. The monoisotopic (exact) mass is 347 g/mol. The molecule has 0 saturated heterocycles. The number of hydrogen-bond donors (Lipinski definition) is 3. The highest BCUT2D eigenvalue weighted by Gasteiger charge is 2.15. The van der Waals surface area contributed by atoms with Crippen LogP contribution >= 0.6 is 22.9 Å². The van der Waals surface area contributed by atoms with Gasteiger partial charge in [-0.05, 0) is 36.4 Å². The molecule has 3 aromatic rings. The van der Waals surface area contributed by atoms with Crippen LogP contribution in [0.3, 0.4) is 0 Å². The average molecular weight is 348 g/mol. The standard InChI is InChI=1S/C15H10ClN3O3S/c16-9-6-4-8(5-7-9)13(22)17-15-19-18-14(23-15)10-2-1-3-11(20)12(10)21/h1-7,20-21H,(H,17,19,22). The molecule has 8 heteroatoms. The summed E-state index contributed by atoms with van der Waals surface area (Å²) in [6, 6.07) is 11.0. The number of phenolic OH excluding ortho intramolecular Hbond substituents is 2. The molecule has 1 aromatic heterocycles. The zero-order valence-electron chi connectivity index (χ0n) is 11.5. The van der Waals surface area contributed by atoms with Gasteiger partial charge in [0.05, 0.1) is 5.56 Å². The number of nitrogens with zero attached hydrogens (tertiary/aromatic N) is 2. The van der Waals surface area contributed by atoms with Crippen molar-refractivity contribution < 1.29 is 15.0 Å². The normalized spacial score (nSPS) is 10.5. The van der Waals surface area contributed by atoms with Crippen LogP contribution in [0.1, 0.15) is 10.4 Å². The molecule has 23 heavy (non-hydrogen) atoms. The van der Waals surface area contributed by atoms with Crippen molar-refractivity contribution >= 4 is 34.0 Å². The Balaban J connectivity index is 1.81. The summed E-state index contributed by atoms with van der Waals surface area (Å²) in [7, 11) is 0. The largest absolute Gasteiger partial charge is 0.504 e. The van der Waals surface area contributed by atoms with Crippen molar-refractivity contribution in [2.45, 2.75) is 0 Å². The summed E-state index contributed by atoms with van der Waals surface area (Å²) in [5.74, 6) is -0.867. The van der Waals surface area contributed by atoms with E-state index in [0.29, 0.717) is 21.2 Å².